The molecule has 2 atom stereocenters. The molecule has 0 bridgehead atoms. The van der Waals surface area contributed by atoms with Crippen LogP contribution in [0.15, 0.2) is 16.9 Å². The summed E-state index contributed by atoms with van der Waals surface area (Å²) in [5, 5.41) is 12.6. The Bertz CT molecular complexity index is 344. The van der Waals surface area contributed by atoms with E-state index in [0.29, 0.717) is 24.4 Å². The van der Waals surface area contributed by atoms with E-state index in [9.17, 15) is 5.11 Å². The highest BCUT2D eigenvalue weighted by Crippen LogP contribution is 2.29. The van der Waals surface area contributed by atoms with E-state index in [1.54, 1.807) is 12.4 Å². The molecule has 1 aromatic rings. The predicted molar refractivity (Wildman–Crippen MR) is 70.8 cm³/mol. The largest absolute Gasteiger partial charge is 0.396 e. The van der Waals surface area contributed by atoms with Crippen molar-refractivity contribution in [2.45, 2.75) is 25.7 Å². The van der Waals surface area contributed by atoms with Crippen molar-refractivity contribution in [2.24, 2.45) is 11.8 Å². The minimum absolute atomic E-state index is 0.299. The molecule has 4 nitrogen and oxygen atoms in total. The lowest BCUT2D eigenvalue weighted by molar-refractivity contribution is 0.141. The zero-order valence-corrected chi connectivity index (χ0v) is 11.4. The summed E-state index contributed by atoms with van der Waals surface area (Å²) in [5.74, 6) is 1.64. The Hall–Kier alpha value is -0.680. The van der Waals surface area contributed by atoms with Crippen LogP contribution in [0.5, 0.6) is 0 Å². The molecule has 1 aliphatic rings. The molecule has 0 saturated heterocycles. The van der Waals surface area contributed by atoms with Gasteiger partial charge in [-0.15, -0.1) is 0 Å². The van der Waals surface area contributed by atoms with Gasteiger partial charge in [-0.3, -0.25) is 0 Å². The first-order valence-corrected chi connectivity index (χ1v) is 6.91. The van der Waals surface area contributed by atoms with Gasteiger partial charge in [-0.2, -0.15) is 0 Å². The fraction of sp³-hybridized carbons (Fsp3) is 0.667. The summed E-state index contributed by atoms with van der Waals surface area (Å²) in [5.41, 5.74) is 0. The first-order valence-electron chi connectivity index (χ1n) is 6.12. The fourth-order valence-electron chi connectivity index (χ4n) is 2.42. The molecule has 2 unspecified atom stereocenters. The molecule has 5 heteroatoms. The fourth-order valence-corrected chi connectivity index (χ4v) is 2.62. The predicted octanol–water partition coefficient (Wildman–Crippen LogP) is 2.45. The third kappa shape index (κ3) is 3.64. The van der Waals surface area contributed by atoms with E-state index in [4.69, 9.17) is 0 Å². The second kappa shape index (κ2) is 6.31. The molecule has 1 saturated carbocycles. The van der Waals surface area contributed by atoms with Crippen LogP contribution in [-0.2, 0) is 0 Å². The molecule has 17 heavy (non-hydrogen) atoms. The monoisotopic (exact) mass is 299 g/mol. The molecule has 1 heterocycles. The van der Waals surface area contributed by atoms with Gasteiger partial charge >= 0.3 is 0 Å². The van der Waals surface area contributed by atoms with Gasteiger partial charge in [-0.25, -0.2) is 9.97 Å². The Kier molecular flexibility index (Phi) is 4.74. The molecule has 1 fully saturated rings. The van der Waals surface area contributed by atoms with Crippen LogP contribution < -0.4 is 5.32 Å². The van der Waals surface area contributed by atoms with Crippen molar-refractivity contribution in [1.82, 2.24) is 9.97 Å². The maximum atomic E-state index is 9.33. The van der Waals surface area contributed by atoms with Gasteiger partial charge < -0.3 is 10.4 Å². The number of aliphatic hydroxyl groups excluding tert-OH is 1. The molecule has 94 valence electrons. The summed E-state index contributed by atoms with van der Waals surface area (Å²) < 4.78 is 0.883. The van der Waals surface area contributed by atoms with Crippen LogP contribution in [0.3, 0.4) is 0 Å². The molecular weight excluding hydrogens is 282 g/mol. The highest BCUT2D eigenvalue weighted by molar-refractivity contribution is 9.10. The average Bonchev–Trinajstić information content (AvgIpc) is 2.38. The SMILES string of the molecule is OCC1CCCCC1CNc1ncc(Br)cn1. The van der Waals surface area contributed by atoms with Crippen LogP contribution in [-0.4, -0.2) is 28.2 Å². The molecule has 0 amide bonds. The average molecular weight is 300 g/mol. The van der Waals surface area contributed by atoms with Gasteiger partial charge in [-0.05, 0) is 40.6 Å². The van der Waals surface area contributed by atoms with Gasteiger partial charge in [0.1, 0.15) is 0 Å². The number of hydrogen-bond donors (Lipinski definition) is 2. The second-order valence-electron chi connectivity index (χ2n) is 4.59. The lowest BCUT2D eigenvalue weighted by Crippen LogP contribution is -2.29. The highest BCUT2D eigenvalue weighted by Gasteiger charge is 2.24. The summed E-state index contributed by atoms with van der Waals surface area (Å²) in [6.45, 7) is 1.15. The Morgan fingerprint density at radius 1 is 1.24 bits per heavy atom. The van der Waals surface area contributed by atoms with Crippen LogP contribution in [0.25, 0.3) is 0 Å². The van der Waals surface area contributed by atoms with Gasteiger partial charge in [0.05, 0.1) is 4.47 Å². The zero-order chi connectivity index (χ0) is 12.1. The first kappa shape index (κ1) is 12.8. The normalized spacial score (nSPS) is 24.6. The number of nitrogens with one attached hydrogen (secondary N) is 1. The number of aromatic nitrogens is 2. The van der Waals surface area contributed by atoms with Crippen molar-refractivity contribution in [3.63, 3.8) is 0 Å². The van der Waals surface area contributed by atoms with E-state index < -0.39 is 0 Å². The van der Waals surface area contributed by atoms with E-state index in [1.165, 1.54) is 19.3 Å². The number of hydrogen-bond acceptors (Lipinski definition) is 4. The minimum atomic E-state index is 0.299. The van der Waals surface area contributed by atoms with Crippen molar-refractivity contribution in [2.75, 3.05) is 18.5 Å². The molecule has 0 aromatic carbocycles. The van der Waals surface area contributed by atoms with E-state index in [2.05, 4.69) is 31.2 Å². The van der Waals surface area contributed by atoms with Gasteiger partial charge in [0.25, 0.3) is 0 Å². The minimum Gasteiger partial charge on any atom is -0.396 e. The quantitative estimate of drug-likeness (QED) is 0.897. The smallest absolute Gasteiger partial charge is 0.222 e. The molecule has 2 N–H and O–H groups in total. The van der Waals surface area contributed by atoms with Crippen molar-refractivity contribution in [3.8, 4) is 0 Å². The number of halogens is 1. The lowest BCUT2D eigenvalue weighted by Gasteiger charge is -2.30. The summed E-state index contributed by atoms with van der Waals surface area (Å²) in [7, 11) is 0. The Labute approximate surface area is 110 Å². The van der Waals surface area contributed by atoms with Gasteiger partial charge in [0, 0.05) is 25.5 Å². The van der Waals surface area contributed by atoms with Crippen LogP contribution in [0.4, 0.5) is 5.95 Å². The highest BCUT2D eigenvalue weighted by atomic mass is 79.9. The summed E-state index contributed by atoms with van der Waals surface area (Å²) in [6.07, 6.45) is 8.32. The summed E-state index contributed by atoms with van der Waals surface area (Å²) in [6, 6.07) is 0. The maximum Gasteiger partial charge on any atom is 0.222 e. The number of anilines is 1. The molecule has 2 rings (SSSR count). The third-order valence-corrected chi connectivity index (χ3v) is 3.85. The van der Waals surface area contributed by atoms with Crippen LogP contribution in [0.1, 0.15) is 25.7 Å². The van der Waals surface area contributed by atoms with Crippen LogP contribution in [0.2, 0.25) is 0 Å². The lowest BCUT2D eigenvalue weighted by atomic mass is 9.80. The summed E-state index contributed by atoms with van der Waals surface area (Å²) >= 11 is 3.31. The molecule has 0 radical (unpaired) electrons. The first-order chi connectivity index (χ1) is 8.29. The molecule has 0 spiro atoms. The van der Waals surface area contributed by atoms with Crippen molar-refractivity contribution < 1.29 is 5.11 Å². The van der Waals surface area contributed by atoms with Crippen LogP contribution >= 0.6 is 15.9 Å². The standard InChI is InChI=1S/C12H18BrN3O/c13-11-6-15-12(16-7-11)14-5-9-3-1-2-4-10(9)8-17/h6-7,9-10,17H,1-5,8H2,(H,14,15,16). The van der Waals surface area contributed by atoms with E-state index in [-0.39, 0.29) is 0 Å². The molecule has 1 aliphatic carbocycles. The Morgan fingerprint density at radius 3 is 2.53 bits per heavy atom. The maximum absolute atomic E-state index is 9.33. The Balaban J connectivity index is 1.86. The number of nitrogens with zero attached hydrogens (tertiary/aromatic N) is 2. The van der Waals surface area contributed by atoms with Crippen molar-refractivity contribution in [3.05, 3.63) is 16.9 Å². The van der Waals surface area contributed by atoms with Gasteiger partial charge in [-0.1, -0.05) is 12.8 Å². The van der Waals surface area contributed by atoms with Gasteiger partial charge in [0.15, 0.2) is 0 Å². The zero-order valence-electron chi connectivity index (χ0n) is 9.77. The molecule has 0 aliphatic heterocycles. The van der Waals surface area contributed by atoms with Crippen molar-refractivity contribution >= 4 is 21.9 Å². The van der Waals surface area contributed by atoms with Crippen molar-refractivity contribution in [1.29, 1.82) is 0 Å². The summed E-state index contributed by atoms with van der Waals surface area (Å²) in [4.78, 5) is 8.36. The third-order valence-electron chi connectivity index (χ3n) is 3.44. The second-order valence-corrected chi connectivity index (χ2v) is 5.51. The van der Waals surface area contributed by atoms with Crippen LogP contribution in [0, 0.1) is 11.8 Å². The molecule has 1 aromatic heterocycles. The van der Waals surface area contributed by atoms with Gasteiger partial charge in [0.2, 0.25) is 5.95 Å². The molecular formula is C12H18BrN3O. The topological polar surface area (TPSA) is 58.0 Å². The number of rotatable bonds is 4. The van der Waals surface area contributed by atoms with E-state index >= 15 is 0 Å². The van der Waals surface area contributed by atoms with E-state index in [0.717, 1.165) is 17.4 Å². The Morgan fingerprint density at radius 2 is 1.88 bits per heavy atom. The number of aliphatic hydroxyl groups is 1. The van der Waals surface area contributed by atoms with E-state index in [1.807, 2.05) is 0 Å².